The Morgan fingerprint density at radius 3 is 2.23 bits per heavy atom. The summed E-state index contributed by atoms with van der Waals surface area (Å²) in [5.41, 5.74) is 2.45. The second-order valence-electron chi connectivity index (χ2n) is 6.70. The van der Waals surface area contributed by atoms with E-state index in [0.29, 0.717) is 19.4 Å². The third-order valence-electron chi connectivity index (χ3n) is 4.48. The molecule has 1 aromatic heterocycles. The van der Waals surface area contributed by atoms with Crippen LogP contribution in [-0.4, -0.2) is 39.4 Å². The molecule has 0 radical (unpaired) electrons. The van der Waals surface area contributed by atoms with Crippen LogP contribution >= 0.6 is 0 Å². The van der Waals surface area contributed by atoms with Crippen LogP contribution in [0.15, 0.2) is 54.6 Å². The van der Waals surface area contributed by atoms with Crippen molar-refractivity contribution in [1.29, 1.82) is 0 Å². The van der Waals surface area contributed by atoms with E-state index in [9.17, 15) is 27.5 Å². The lowest BCUT2D eigenvalue weighted by Gasteiger charge is -2.26. The van der Waals surface area contributed by atoms with Crippen LogP contribution < -0.4 is 5.32 Å². The van der Waals surface area contributed by atoms with E-state index >= 15 is 0 Å². The Labute approximate surface area is 175 Å². The quantitative estimate of drug-likeness (QED) is 0.480. The molecule has 1 aliphatic rings. The van der Waals surface area contributed by atoms with E-state index in [-0.39, 0.29) is 11.9 Å². The van der Waals surface area contributed by atoms with Crippen molar-refractivity contribution in [3.63, 3.8) is 0 Å². The number of carbonyl (C=O) groups is 2. The van der Waals surface area contributed by atoms with Gasteiger partial charge in [-0.3, -0.25) is 9.78 Å². The number of aromatic nitrogens is 1. The summed E-state index contributed by atoms with van der Waals surface area (Å²) in [6.07, 6.45) is 0.106. The molecule has 0 bridgehead atoms. The van der Waals surface area contributed by atoms with Gasteiger partial charge in [-0.15, -0.1) is 0 Å². The number of allylic oxidation sites excluding steroid dienone is 1. The Morgan fingerprint density at radius 1 is 1.03 bits per heavy atom. The van der Waals surface area contributed by atoms with Crippen LogP contribution in [0.5, 0.6) is 0 Å². The molecule has 10 heteroatoms. The molecule has 0 unspecified atom stereocenters. The largest absolute Gasteiger partial charge is 0.490 e. The van der Waals surface area contributed by atoms with Gasteiger partial charge in [-0.25, -0.2) is 9.18 Å². The summed E-state index contributed by atoms with van der Waals surface area (Å²) in [6, 6.07) is 11.8. The highest BCUT2D eigenvalue weighted by atomic mass is 19.4. The van der Waals surface area contributed by atoms with Gasteiger partial charge >= 0.3 is 18.1 Å². The molecule has 31 heavy (non-hydrogen) atoms. The smallest absolute Gasteiger partial charge is 0.481 e. The van der Waals surface area contributed by atoms with Crippen molar-refractivity contribution in [2.45, 2.75) is 31.6 Å². The molecular weight excluding hydrogens is 420 g/mol. The van der Waals surface area contributed by atoms with Gasteiger partial charge in [0.05, 0.1) is 17.3 Å². The van der Waals surface area contributed by atoms with Crippen molar-refractivity contribution in [3.8, 4) is 11.3 Å². The first-order chi connectivity index (χ1) is 14.6. The number of benzene rings is 1. The number of halogens is 4. The monoisotopic (exact) mass is 440 g/mol. The third-order valence-corrected chi connectivity index (χ3v) is 4.48. The minimum absolute atomic E-state index is 0.0937. The molecule has 2 aromatic rings. The number of rotatable bonds is 5. The SMILES string of the molecule is O=C(O)C(F)(F)F.O=C(O)[C@@H]1CC=CC[C@@H]1NCc1cccc(-c2ccc(F)cc2)n1. The third kappa shape index (κ3) is 7.49. The molecule has 0 fully saturated rings. The van der Waals surface area contributed by atoms with E-state index in [2.05, 4.69) is 10.3 Å². The van der Waals surface area contributed by atoms with Crippen molar-refractivity contribution < 1.29 is 37.4 Å². The summed E-state index contributed by atoms with van der Waals surface area (Å²) in [5, 5.41) is 19.7. The predicted molar refractivity (Wildman–Crippen MR) is 103 cm³/mol. The standard InChI is InChI=1S/C19H19FN2O2.C2HF3O2/c20-14-10-8-13(9-11-14)17-7-3-4-15(22-17)12-21-18-6-2-1-5-16(18)19(23)24;3-2(4,5)1(6)7/h1-4,7-11,16,18,21H,5-6,12H2,(H,23,24);(H,6,7)/t16-,18+;/m1./s1. The number of aliphatic carboxylic acids is 2. The first-order valence-electron chi connectivity index (χ1n) is 9.21. The van der Waals surface area contributed by atoms with Gasteiger partial charge in [0.15, 0.2) is 0 Å². The van der Waals surface area contributed by atoms with Crippen molar-refractivity contribution in [1.82, 2.24) is 10.3 Å². The zero-order chi connectivity index (χ0) is 23.0. The molecule has 0 saturated heterocycles. The van der Waals surface area contributed by atoms with E-state index in [1.54, 1.807) is 12.1 Å². The summed E-state index contributed by atoms with van der Waals surface area (Å²) < 4.78 is 44.8. The van der Waals surface area contributed by atoms with Gasteiger partial charge in [-0.05, 0) is 49.2 Å². The van der Waals surface area contributed by atoms with E-state index in [0.717, 1.165) is 17.0 Å². The lowest BCUT2D eigenvalue weighted by atomic mass is 9.89. The molecule has 0 amide bonds. The number of hydrogen-bond acceptors (Lipinski definition) is 4. The number of pyridine rings is 1. The van der Waals surface area contributed by atoms with Crippen LogP contribution in [0.2, 0.25) is 0 Å². The Kier molecular flexibility index (Phi) is 8.26. The minimum Gasteiger partial charge on any atom is -0.481 e. The fourth-order valence-corrected chi connectivity index (χ4v) is 2.91. The highest BCUT2D eigenvalue weighted by molar-refractivity contribution is 5.73. The van der Waals surface area contributed by atoms with Crippen molar-refractivity contribution >= 4 is 11.9 Å². The van der Waals surface area contributed by atoms with Crippen LogP contribution in [0.1, 0.15) is 18.5 Å². The number of carboxylic acid groups (broad SMARTS) is 2. The molecule has 3 rings (SSSR count). The van der Waals surface area contributed by atoms with Crippen LogP contribution in [-0.2, 0) is 16.1 Å². The number of carboxylic acids is 2. The second-order valence-corrected chi connectivity index (χ2v) is 6.70. The lowest BCUT2D eigenvalue weighted by molar-refractivity contribution is -0.192. The van der Waals surface area contributed by atoms with Crippen molar-refractivity contribution in [2.24, 2.45) is 5.92 Å². The van der Waals surface area contributed by atoms with Gasteiger partial charge in [0, 0.05) is 18.2 Å². The average Bonchev–Trinajstić information content (AvgIpc) is 2.73. The fraction of sp³-hybridized carbons (Fsp3) is 0.286. The lowest BCUT2D eigenvalue weighted by Crippen LogP contribution is -2.40. The number of nitrogens with zero attached hydrogens (tertiary/aromatic N) is 1. The Hall–Kier alpha value is -3.27. The molecule has 1 heterocycles. The van der Waals surface area contributed by atoms with E-state index in [4.69, 9.17) is 9.90 Å². The molecule has 1 aromatic carbocycles. The summed E-state index contributed by atoms with van der Waals surface area (Å²) in [4.78, 5) is 24.8. The van der Waals surface area contributed by atoms with Crippen molar-refractivity contribution in [3.05, 3.63) is 66.1 Å². The molecule has 0 spiro atoms. The Balaban J connectivity index is 0.000000423. The maximum Gasteiger partial charge on any atom is 0.490 e. The number of nitrogens with one attached hydrogen (secondary N) is 1. The molecule has 6 nitrogen and oxygen atoms in total. The number of alkyl halides is 3. The Morgan fingerprint density at radius 2 is 1.65 bits per heavy atom. The summed E-state index contributed by atoms with van der Waals surface area (Å²) >= 11 is 0. The number of hydrogen-bond donors (Lipinski definition) is 3. The second kappa shape index (κ2) is 10.7. The van der Waals surface area contributed by atoms with E-state index in [1.165, 1.54) is 12.1 Å². The van der Waals surface area contributed by atoms with Gasteiger partial charge < -0.3 is 15.5 Å². The van der Waals surface area contributed by atoms with Gasteiger partial charge in [0.1, 0.15) is 5.82 Å². The Bertz CT molecular complexity index is 930. The fourth-order valence-electron chi connectivity index (χ4n) is 2.91. The molecule has 0 saturated carbocycles. The van der Waals surface area contributed by atoms with Gasteiger partial charge in [-0.1, -0.05) is 18.2 Å². The maximum atomic E-state index is 13.0. The van der Waals surface area contributed by atoms with Gasteiger partial charge in [0.25, 0.3) is 0 Å². The topological polar surface area (TPSA) is 99.5 Å². The molecular formula is C21H20F4N2O4. The maximum absolute atomic E-state index is 13.0. The summed E-state index contributed by atoms with van der Waals surface area (Å²) in [7, 11) is 0. The van der Waals surface area contributed by atoms with Crippen LogP contribution in [0.25, 0.3) is 11.3 Å². The molecule has 2 atom stereocenters. The first-order valence-corrected chi connectivity index (χ1v) is 9.21. The zero-order valence-corrected chi connectivity index (χ0v) is 16.1. The van der Waals surface area contributed by atoms with Gasteiger partial charge in [0.2, 0.25) is 0 Å². The highest BCUT2D eigenvalue weighted by Crippen LogP contribution is 2.21. The average molecular weight is 440 g/mol. The van der Waals surface area contributed by atoms with Crippen LogP contribution in [0.3, 0.4) is 0 Å². The molecule has 0 aliphatic heterocycles. The van der Waals surface area contributed by atoms with Crippen molar-refractivity contribution in [2.75, 3.05) is 0 Å². The van der Waals surface area contributed by atoms with E-state index in [1.807, 2.05) is 30.4 Å². The minimum atomic E-state index is -5.08. The van der Waals surface area contributed by atoms with E-state index < -0.39 is 24.0 Å². The molecule has 166 valence electrons. The predicted octanol–water partition coefficient (Wildman–Crippen LogP) is 4.03. The summed E-state index contributed by atoms with van der Waals surface area (Å²) in [6.45, 7) is 0.497. The normalized spacial score (nSPS) is 18.1. The van der Waals surface area contributed by atoms with Crippen LogP contribution in [0, 0.1) is 11.7 Å². The molecule has 1 aliphatic carbocycles. The van der Waals surface area contributed by atoms with Crippen LogP contribution in [0.4, 0.5) is 17.6 Å². The zero-order valence-electron chi connectivity index (χ0n) is 16.1. The first kappa shape index (κ1) is 24.0. The molecule has 3 N–H and O–H groups in total. The highest BCUT2D eigenvalue weighted by Gasteiger charge is 2.38. The van der Waals surface area contributed by atoms with Gasteiger partial charge in [-0.2, -0.15) is 13.2 Å². The summed E-state index contributed by atoms with van der Waals surface area (Å²) in [5.74, 6) is -4.21.